The van der Waals surface area contributed by atoms with Crippen molar-refractivity contribution in [1.82, 2.24) is 16.0 Å². The third-order valence-electron chi connectivity index (χ3n) is 4.04. The number of nitrogens with one attached hydrogen (secondary N) is 3. The molecule has 0 atom stereocenters. The zero-order chi connectivity index (χ0) is 22.6. The summed E-state index contributed by atoms with van der Waals surface area (Å²) in [5.74, 6) is -0.414. The molecule has 2 rings (SSSR count). The van der Waals surface area contributed by atoms with Crippen molar-refractivity contribution in [3.05, 3.63) is 65.2 Å². The number of halogens is 2. The Hall–Kier alpha value is -3.69. The van der Waals surface area contributed by atoms with Gasteiger partial charge in [-0.2, -0.15) is 8.78 Å². The normalized spacial score (nSPS) is 11.2. The van der Waals surface area contributed by atoms with E-state index in [1.807, 2.05) is 6.92 Å². The maximum Gasteiger partial charge on any atom is 0.387 e. The Morgan fingerprint density at radius 1 is 1.06 bits per heavy atom. The molecule has 0 unspecified atom stereocenters. The highest BCUT2D eigenvalue weighted by Gasteiger charge is 2.10. The van der Waals surface area contributed by atoms with Gasteiger partial charge < -0.3 is 26.4 Å². The number of benzene rings is 2. The minimum atomic E-state index is -2.90. The van der Waals surface area contributed by atoms with Crippen LogP contribution in [0.25, 0.3) is 0 Å². The first kappa shape index (κ1) is 23.6. The minimum absolute atomic E-state index is 0.103. The third-order valence-corrected chi connectivity index (χ3v) is 4.04. The van der Waals surface area contributed by atoms with E-state index < -0.39 is 18.4 Å². The summed E-state index contributed by atoms with van der Waals surface area (Å²) in [4.78, 5) is 27.1. The molecule has 0 radical (unpaired) electrons. The first-order valence-electron chi connectivity index (χ1n) is 9.59. The number of guanidine groups is 1. The number of nitrogens with two attached hydrogens (primary N) is 1. The summed E-state index contributed by atoms with van der Waals surface area (Å²) >= 11 is 0. The summed E-state index contributed by atoms with van der Waals surface area (Å²) in [5.41, 5.74) is 6.82. The van der Waals surface area contributed by atoms with Crippen molar-refractivity contribution in [3.63, 3.8) is 0 Å². The third kappa shape index (κ3) is 8.29. The number of primary amides is 1. The smallest absolute Gasteiger partial charge is 0.387 e. The number of rotatable bonds is 10. The van der Waals surface area contributed by atoms with Crippen LogP contribution < -0.4 is 26.4 Å². The predicted octanol–water partition coefficient (Wildman–Crippen LogP) is 1.76. The standard InChI is InChI=1S/C21H25F2N5O3/c1-2-25-21(28-12-16-5-3-4-6-17(16)31-20(22)23)27-11-14-7-9-15(10-8-14)19(30)26-13-18(24)29/h3-10,20H,2,11-13H2,1H3,(H2,24,29)(H,26,30)(H2,25,27,28). The number of alkyl halides is 2. The van der Waals surface area contributed by atoms with E-state index in [9.17, 15) is 18.4 Å². The quantitative estimate of drug-likeness (QED) is 0.336. The molecule has 0 heterocycles. The van der Waals surface area contributed by atoms with Gasteiger partial charge in [0, 0.05) is 24.2 Å². The number of carbonyl (C=O) groups is 2. The number of carbonyl (C=O) groups excluding carboxylic acids is 2. The number of hydrogen-bond donors (Lipinski definition) is 4. The second-order valence-corrected chi connectivity index (χ2v) is 6.38. The maximum absolute atomic E-state index is 12.6. The summed E-state index contributed by atoms with van der Waals surface area (Å²) < 4.78 is 29.7. The van der Waals surface area contributed by atoms with Crippen LogP contribution in [0.1, 0.15) is 28.4 Å². The van der Waals surface area contributed by atoms with Gasteiger partial charge in [-0.25, -0.2) is 4.99 Å². The van der Waals surface area contributed by atoms with E-state index in [-0.39, 0.29) is 18.8 Å². The summed E-state index contributed by atoms with van der Waals surface area (Å²) in [6.07, 6.45) is 0. The van der Waals surface area contributed by atoms with Gasteiger partial charge in [0.25, 0.3) is 5.91 Å². The van der Waals surface area contributed by atoms with Crippen LogP contribution in [0.4, 0.5) is 8.78 Å². The van der Waals surface area contributed by atoms with Crippen molar-refractivity contribution in [2.45, 2.75) is 26.6 Å². The Balaban J connectivity index is 1.98. The fourth-order valence-electron chi connectivity index (χ4n) is 2.58. The van der Waals surface area contributed by atoms with Gasteiger partial charge in [0.2, 0.25) is 5.91 Å². The van der Waals surface area contributed by atoms with Gasteiger partial charge in [0.1, 0.15) is 5.75 Å². The number of para-hydroxylation sites is 1. The van der Waals surface area contributed by atoms with Crippen LogP contribution in [0.5, 0.6) is 5.75 Å². The summed E-state index contributed by atoms with van der Waals surface area (Å²) in [7, 11) is 0. The molecule has 166 valence electrons. The molecular formula is C21H25F2N5O3. The number of nitrogens with zero attached hydrogens (tertiary/aromatic N) is 1. The monoisotopic (exact) mass is 433 g/mol. The van der Waals surface area contributed by atoms with Crippen molar-refractivity contribution < 1.29 is 23.1 Å². The first-order chi connectivity index (χ1) is 14.9. The van der Waals surface area contributed by atoms with Crippen LogP contribution in [0.15, 0.2) is 53.5 Å². The van der Waals surface area contributed by atoms with Gasteiger partial charge in [-0.15, -0.1) is 0 Å². The molecule has 10 heteroatoms. The van der Waals surface area contributed by atoms with Gasteiger partial charge in [-0.3, -0.25) is 9.59 Å². The fourth-order valence-corrected chi connectivity index (χ4v) is 2.58. The van der Waals surface area contributed by atoms with Crippen LogP contribution in [0.3, 0.4) is 0 Å². The van der Waals surface area contributed by atoms with Crippen molar-refractivity contribution in [2.24, 2.45) is 10.7 Å². The molecule has 0 saturated heterocycles. The van der Waals surface area contributed by atoms with Gasteiger partial charge in [0.15, 0.2) is 5.96 Å². The van der Waals surface area contributed by atoms with E-state index in [2.05, 4.69) is 25.7 Å². The van der Waals surface area contributed by atoms with Gasteiger partial charge in [-0.05, 0) is 30.7 Å². The largest absolute Gasteiger partial charge is 0.434 e. The fraction of sp³-hybridized carbons (Fsp3) is 0.286. The zero-order valence-electron chi connectivity index (χ0n) is 17.0. The van der Waals surface area contributed by atoms with Crippen LogP contribution >= 0.6 is 0 Å². The first-order valence-corrected chi connectivity index (χ1v) is 9.59. The van der Waals surface area contributed by atoms with Gasteiger partial charge >= 0.3 is 6.61 Å². The molecule has 0 fully saturated rings. The summed E-state index contributed by atoms with van der Waals surface area (Å²) in [6.45, 7) is -0.0380. The second-order valence-electron chi connectivity index (χ2n) is 6.38. The van der Waals surface area contributed by atoms with E-state index in [0.29, 0.717) is 30.2 Å². The maximum atomic E-state index is 12.6. The lowest BCUT2D eigenvalue weighted by atomic mass is 10.1. The highest BCUT2D eigenvalue weighted by molar-refractivity contribution is 5.96. The molecule has 2 aromatic rings. The highest BCUT2D eigenvalue weighted by atomic mass is 19.3. The molecule has 0 saturated carbocycles. The van der Waals surface area contributed by atoms with Crippen molar-refractivity contribution in [1.29, 1.82) is 0 Å². The Morgan fingerprint density at radius 3 is 2.42 bits per heavy atom. The zero-order valence-corrected chi connectivity index (χ0v) is 17.0. The SMILES string of the molecule is CCNC(=NCc1ccc(C(=O)NCC(N)=O)cc1)NCc1ccccc1OC(F)F. The van der Waals surface area contributed by atoms with Crippen molar-refractivity contribution in [3.8, 4) is 5.75 Å². The molecule has 0 aliphatic carbocycles. The summed E-state index contributed by atoms with van der Waals surface area (Å²) in [5, 5.41) is 8.58. The predicted molar refractivity (Wildman–Crippen MR) is 113 cm³/mol. The van der Waals surface area contributed by atoms with E-state index in [1.54, 1.807) is 42.5 Å². The van der Waals surface area contributed by atoms with E-state index in [0.717, 1.165) is 5.56 Å². The van der Waals surface area contributed by atoms with Crippen LogP contribution in [-0.2, 0) is 17.9 Å². The number of ether oxygens (including phenoxy) is 1. The van der Waals surface area contributed by atoms with Crippen molar-refractivity contribution >= 4 is 17.8 Å². The molecule has 0 bridgehead atoms. The Bertz CT molecular complexity index is 904. The Morgan fingerprint density at radius 2 is 1.77 bits per heavy atom. The molecule has 8 nitrogen and oxygen atoms in total. The number of aliphatic imine (C=N–C) groups is 1. The average molecular weight is 433 g/mol. The molecule has 0 aliphatic heterocycles. The van der Waals surface area contributed by atoms with Crippen molar-refractivity contribution in [2.75, 3.05) is 13.1 Å². The van der Waals surface area contributed by atoms with E-state index >= 15 is 0 Å². The molecule has 2 aromatic carbocycles. The Labute approximate surface area is 178 Å². The average Bonchev–Trinajstić information content (AvgIpc) is 2.75. The van der Waals surface area contributed by atoms with Crippen LogP contribution in [-0.4, -0.2) is 37.5 Å². The van der Waals surface area contributed by atoms with E-state index in [4.69, 9.17) is 5.73 Å². The minimum Gasteiger partial charge on any atom is -0.434 e. The molecule has 5 N–H and O–H groups in total. The number of amides is 2. The molecule has 31 heavy (non-hydrogen) atoms. The van der Waals surface area contributed by atoms with Crippen LogP contribution in [0, 0.1) is 0 Å². The lowest BCUT2D eigenvalue weighted by Crippen LogP contribution is -2.36. The second kappa shape index (κ2) is 12.1. The lowest BCUT2D eigenvalue weighted by Gasteiger charge is -2.14. The van der Waals surface area contributed by atoms with Crippen LogP contribution in [0.2, 0.25) is 0 Å². The topological polar surface area (TPSA) is 118 Å². The molecule has 0 aliphatic rings. The molecule has 0 aromatic heterocycles. The Kier molecular flexibility index (Phi) is 9.21. The summed E-state index contributed by atoms with van der Waals surface area (Å²) in [6, 6.07) is 13.3. The highest BCUT2D eigenvalue weighted by Crippen LogP contribution is 2.19. The van der Waals surface area contributed by atoms with Gasteiger partial charge in [-0.1, -0.05) is 30.3 Å². The molecule has 0 spiro atoms. The van der Waals surface area contributed by atoms with Gasteiger partial charge in [0.05, 0.1) is 13.1 Å². The lowest BCUT2D eigenvalue weighted by molar-refractivity contribution is -0.117. The molecule has 2 amide bonds. The number of hydrogen-bond acceptors (Lipinski definition) is 4. The molecular weight excluding hydrogens is 408 g/mol. The van der Waals surface area contributed by atoms with E-state index in [1.165, 1.54) is 6.07 Å².